The first-order chi connectivity index (χ1) is 11.5. The molecule has 2 aromatic carbocycles. The number of nitrogens with one attached hydrogen (secondary N) is 1. The molecule has 0 bridgehead atoms. The van der Waals surface area contributed by atoms with E-state index in [0.29, 0.717) is 6.54 Å². The molecule has 1 atom stereocenters. The third-order valence-electron chi connectivity index (χ3n) is 3.59. The Hall–Kier alpha value is -2.47. The summed E-state index contributed by atoms with van der Waals surface area (Å²) in [7, 11) is 3.86. The summed E-state index contributed by atoms with van der Waals surface area (Å²) in [5, 5.41) is 2.84. The lowest BCUT2D eigenvalue weighted by Gasteiger charge is -2.25. The molecule has 0 aliphatic rings. The molecule has 0 radical (unpaired) electrons. The van der Waals surface area contributed by atoms with Gasteiger partial charge in [-0.1, -0.05) is 36.4 Å². The SMILES string of the molecule is CN(C)[C@@H](CNC(=O)c1cccc(OC(F)F)c1)c1ccccc1. The highest BCUT2D eigenvalue weighted by Crippen LogP contribution is 2.18. The van der Waals surface area contributed by atoms with Gasteiger partial charge in [0.1, 0.15) is 5.75 Å². The van der Waals surface area contributed by atoms with Gasteiger partial charge < -0.3 is 15.0 Å². The number of carbonyl (C=O) groups is 1. The number of carbonyl (C=O) groups excluding carboxylic acids is 1. The summed E-state index contributed by atoms with van der Waals surface area (Å²) >= 11 is 0. The fourth-order valence-electron chi connectivity index (χ4n) is 2.38. The fraction of sp³-hybridized carbons (Fsp3) is 0.278. The summed E-state index contributed by atoms with van der Waals surface area (Å²) in [4.78, 5) is 14.3. The van der Waals surface area contributed by atoms with Gasteiger partial charge in [0.25, 0.3) is 5.91 Å². The van der Waals surface area contributed by atoms with E-state index in [1.165, 1.54) is 18.2 Å². The largest absolute Gasteiger partial charge is 0.435 e. The predicted octanol–water partition coefficient (Wildman–Crippen LogP) is 3.32. The van der Waals surface area contributed by atoms with Crippen LogP contribution in [-0.2, 0) is 0 Å². The van der Waals surface area contributed by atoms with E-state index >= 15 is 0 Å². The standard InChI is InChI=1S/C18H20F2N2O2/c1-22(2)16(13-7-4-3-5-8-13)12-21-17(23)14-9-6-10-15(11-14)24-18(19)20/h3-11,16,18H,12H2,1-2H3,(H,21,23)/t16-/m0/s1. The Morgan fingerprint density at radius 1 is 1.12 bits per heavy atom. The van der Waals surface area contributed by atoms with Gasteiger partial charge in [-0.15, -0.1) is 0 Å². The van der Waals surface area contributed by atoms with Crippen LogP contribution >= 0.6 is 0 Å². The van der Waals surface area contributed by atoms with Crippen LogP contribution in [0.25, 0.3) is 0 Å². The minimum Gasteiger partial charge on any atom is -0.435 e. The van der Waals surface area contributed by atoms with Crippen LogP contribution in [0.15, 0.2) is 54.6 Å². The maximum Gasteiger partial charge on any atom is 0.387 e. The Balaban J connectivity index is 2.03. The highest BCUT2D eigenvalue weighted by atomic mass is 19.3. The van der Waals surface area contributed by atoms with Crippen LogP contribution in [0.5, 0.6) is 5.75 Å². The highest BCUT2D eigenvalue weighted by Gasteiger charge is 2.16. The van der Waals surface area contributed by atoms with Crippen LogP contribution in [-0.4, -0.2) is 38.1 Å². The second-order valence-corrected chi connectivity index (χ2v) is 5.51. The van der Waals surface area contributed by atoms with Crippen molar-refractivity contribution in [3.63, 3.8) is 0 Å². The van der Waals surface area contributed by atoms with Gasteiger partial charge >= 0.3 is 6.61 Å². The Morgan fingerprint density at radius 3 is 2.46 bits per heavy atom. The van der Waals surface area contributed by atoms with Crippen molar-refractivity contribution < 1.29 is 18.3 Å². The summed E-state index contributed by atoms with van der Waals surface area (Å²) in [5.74, 6) is -0.373. The number of hydrogen-bond acceptors (Lipinski definition) is 3. The van der Waals surface area contributed by atoms with E-state index in [9.17, 15) is 13.6 Å². The third kappa shape index (κ3) is 5.03. The molecule has 0 saturated carbocycles. The van der Waals surface area contributed by atoms with Gasteiger partial charge in [0.2, 0.25) is 0 Å². The molecule has 0 unspecified atom stereocenters. The van der Waals surface area contributed by atoms with Crippen molar-refractivity contribution in [3.8, 4) is 5.75 Å². The molecule has 1 N–H and O–H groups in total. The van der Waals surface area contributed by atoms with Crippen LogP contribution in [0.2, 0.25) is 0 Å². The minimum atomic E-state index is -2.92. The second kappa shape index (κ2) is 8.40. The monoisotopic (exact) mass is 334 g/mol. The molecule has 0 aliphatic carbocycles. The number of alkyl halides is 2. The number of amides is 1. The second-order valence-electron chi connectivity index (χ2n) is 5.51. The van der Waals surface area contributed by atoms with Gasteiger partial charge in [0.15, 0.2) is 0 Å². The summed E-state index contributed by atoms with van der Waals surface area (Å²) in [5.41, 5.74) is 1.36. The molecule has 6 heteroatoms. The number of nitrogens with zero attached hydrogens (tertiary/aromatic N) is 1. The maximum absolute atomic E-state index is 12.3. The van der Waals surface area contributed by atoms with E-state index in [2.05, 4.69) is 10.1 Å². The smallest absolute Gasteiger partial charge is 0.387 e. The van der Waals surface area contributed by atoms with E-state index < -0.39 is 6.61 Å². The van der Waals surface area contributed by atoms with Crippen molar-refractivity contribution in [2.75, 3.05) is 20.6 Å². The highest BCUT2D eigenvalue weighted by molar-refractivity contribution is 5.94. The van der Waals surface area contributed by atoms with Crippen LogP contribution in [0.3, 0.4) is 0 Å². The van der Waals surface area contributed by atoms with Gasteiger partial charge in [-0.05, 0) is 37.9 Å². The topological polar surface area (TPSA) is 41.6 Å². The van der Waals surface area contributed by atoms with Gasteiger partial charge in [0, 0.05) is 12.1 Å². The van der Waals surface area contributed by atoms with Crippen molar-refractivity contribution >= 4 is 5.91 Å². The number of halogens is 2. The first-order valence-electron chi connectivity index (χ1n) is 7.52. The third-order valence-corrected chi connectivity index (χ3v) is 3.59. The van der Waals surface area contributed by atoms with Crippen LogP contribution in [0.1, 0.15) is 22.0 Å². The Kier molecular flexibility index (Phi) is 6.26. The molecule has 128 valence electrons. The zero-order valence-electron chi connectivity index (χ0n) is 13.6. The Labute approximate surface area is 140 Å². The normalized spacial score (nSPS) is 12.2. The van der Waals surface area contributed by atoms with Crippen molar-refractivity contribution in [2.24, 2.45) is 0 Å². The van der Waals surface area contributed by atoms with E-state index in [-0.39, 0.29) is 23.3 Å². The molecule has 24 heavy (non-hydrogen) atoms. The summed E-state index contributed by atoms with van der Waals surface area (Å²) < 4.78 is 28.8. The molecule has 2 rings (SSSR count). The average molecular weight is 334 g/mol. The summed E-state index contributed by atoms with van der Waals surface area (Å²) in [6, 6.07) is 15.6. The molecule has 0 spiro atoms. The number of hydrogen-bond donors (Lipinski definition) is 1. The number of rotatable bonds is 7. The quantitative estimate of drug-likeness (QED) is 0.844. The number of likely N-dealkylation sites (N-methyl/N-ethyl adjacent to an activating group) is 1. The molecule has 0 heterocycles. The zero-order valence-corrected chi connectivity index (χ0v) is 13.6. The summed E-state index contributed by atoms with van der Waals surface area (Å²) in [6.07, 6.45) is 0. The van der Waals surface area contributed by atoms with E-state index in [0.717, 1.165) is 5.56 Å². The van der Waals surface area contributed by atoms with Crippen LogP contribution in [0, 0.1) is 0 Å². The molecule has 0 fully saturated rings. The van der Waals surface area contributed by atoms with Gasteiger partial charge in [-0.25, -0.2) is 0 Å². The first kappa shape index (κ1) is 17.9. The molecule has 1 amide bonds. The fourth-order valence-corrected chi connectivity index (χ4v) is 2.38. The molecule has 4 nitrogen and oxygen atoms in total. The maximum atomic E-state index is 12.3. The van der Waals surface area contributed by atoms with Crippen LogP contribution in [0.4, 0.5) is 8.78 Å². The lowest BCUT2D eigenvalue weighted by atomic mass is 10.1. The van der Waals surface area contributed by atoms with Crippen molar-refractivity contribution in [3.05, 3.63) is 65.7 Å². The van der Waals surface area contributed by atoms with Crippen molar-refractivity contribution in [2.45, 2.75) is 12.7 Å². The number of ether oxygens (including phenoxy) is 1. The lowest BCUT2D eigenvalue weighted by molar-refractivity contribution is -0.0498. The molecule has 0 aliphatic heterocycles. The van der Waals surface area contributed by atoms with Crippen LogP contribution < -0.4 is 10.1 Å². The molecule has 0 aromatic heterocycles. The molecule has 0 saturated heterocycles. The van der Waals surface area contributed by atoms with E-state index in [1.54, 1.807) is 6.07 Å². The summed E-state index contributed by atoms with van der Waals surface area (Å²) in [6.45, 7) is -2.52. The zero-order chi connectivity index (χ0) is 17.5. The Morgan fingerprint density at radius 2 is 1.83 bits per heavy atom. The van der Waals surface area contributed by atoms with Crippen molar-refractivity contribution in [1.82, 2.24) is 10.2 Å². The first-order valence-corrected chi connectivity index (χ1v) is 7.52. The van der Waals surface area contributed by atoms with E-state index in [4.69, 9.17) is 0 Å². The lowest BCUT2D eigenvalue weighted by Crippen LogP contribution is -2.34. The van der Waals surface area contributed by atoms with Gasteiger partial charge in [-0.3, -0.25) is 4.79 Å². The molecular formula is C18H20F2N2O2. The van der Waals surface area contributed by atoms with Gasteiger partial charge in [0.05, 0.1) is 6.04 Å². The van der Waals surface area contributed by atoms with E-state index in [1.807, 2.05) is 49.3 Å². The number of benzene rings is 2. The predicted molar refractivity (Wildman–Crippen MR) is 88.3 cm³/mol. The van der Waals surface area contributed by atoms with Crippen molar-refractivity contribution in [1.29, 1.82) is 0 Å². The van der Waals surface area contributed by atoms with Gasteiger partial charge in [-0.2, -0.15) is 8.78 Å². The minimum absolute atomic E-state index is 0.00986. The average Bonchev–Trinajstić information content (AvgIpc) is 2.55. The Bertz CT molecular complexity index is 663. The molecular weight excluding hydrogens is 314 g/mol. The molecule has 2 aromatic rings.